The Bertz CT molecular complexity index is 431. The van der Waals surface area contributed by atoms with Crippen molar-refractivity contribution in [2.45, 2.75) is 18.7 Å². The van der Waals surface area contributed by atoms with E-state index in [1.165, 1.54) is 16.0 Å². The normalized spacial score (nSPS) is 14.8. The molecule has 1 aromatic carbocycles. The van der Waals surface area contributed by atoms with Crippen LogP contribution < -0.4 is 4.90 Å². The number of carbonyl (C=O) groups is 1. The van der Waals surface area contributed by atoms with E-state index < -0.39 is 5.97 Å². The molecule has 0 atom stereocenters. The summed E-state index contributed by atoms with van der Waals surface area (Å²) in [4.78, 5) is 13.9. The van der Waals surface area contributed by atoms with Gasteiger partial charge >= 0.3 is 5.97 Å². The molecule has 0 bridgehead atoms. The van der Waals surface area contributed by atoms with Crippen LogP contribution >= 0.6 is 11.8 Å². The van der Waals surface area contributed by atoms with Gasteiger partial charge in [0.25, 0.3) is 0 Å². The Morgan fingerprint density at radius 3 is 2.81 bits per heavy atom. The summed E-state index contributed by atoms with van der Waals surface area (Å²) in [6.07, 6.45) is 0. The number of aliphatic carboxylic acids is 1. The van der Waals surface area contributed by atoms with E-state index in [1.807, 2.05) is 16.7 Å². The summed E-state index contributed by atoms with van der Waals surface area (Å²) < 4.78 is 0. The number of aryl methyl sites for hydroxylation is 2. The molecule has 16 heavy (non-hydrogen) atoms. The van der Waals surface area contributed by atoms with E-state index in [4.69, 9.17) is 5.11 Å². The van der Waals surface area contributed by atoms with E-state index in [0.29, 0.717) is 0 Å². The third-order valence-electron chi connectivity index (χ3n) is 2.86. The first kappa shape index (κ1) is 11.3. The van der Waals surface area contributed by atoms with Crippen LogP contribution in [0.1, 0.15) is 11.1 Å². The third-order valence-corrected chi connectivity index (χ3v) is 3.89. The van der Waals surface area contributed by atoms with Crippen LogP contribution in [0.5, 0.6) is 0 Å². The van der Waals surface area contributed by atoms with Crippen LogP contribution in [-0.2, 0) is 4.79 Å². The largest absolute Gasteiger partial charge is 0.480 e. The van der Waals surface area contributed by atoms with Crippen molar-refractivity contribution in [1.82, 2.24) is 0 Å². The van der Waals surface area contributed by atoms with Gasteiger partial charge in [0.05, 0.1) is 5.69 Å². The molecule has 86 valence electrons. The molecule has 2 rings (SSSR count). The molecule has 0 spiro atoms. The minimum atomic E-state index is -0.768. The van der Waals surface area contributed by atoms with Crippen LogP contribution in [-0.4, -0.2) is 29.9 Å². The number of carboxylic acid groups (broad SMARTS) is 1. The molecule has 0 amide bonds. The molecule has 0 unspecified atom stereocenters. The minimum Gasteiger partial charge on any atom is -0.480 e. The number of rotatable bonds is 2. The first-order valence-corrected chi connectivity index (χ1v) is 6.27. The molecule has 1 aliphatic heterocycles. The molecule has 1 aliphatic rings. The minimum absolute atomic E-state index is 0.0933. The second kappa shape index (κ2) is 4.37. The third kappa shape index (κ3) is 2.16. The molecule has 1 N–H and O–H groups in total. The summed E-state index contributed by atoms with van der Waals surface area (Å²) in [6.45, 7) is 5.06. The summed E-state index contributed by atoms with van der Waals surface area (Å²) >= 11 is 1.81. The molecule has 0 saturated carbocycles. The predicted molar refractivity (Wildman–Crippen MR) is 66.5 cm³/mol. The van der Waals surface area contributed by atoms with Crippen LogP contribution in [0.3, 0.4) is 0 Å². The van der Waals surface area contributed by atoms with Gasteiger partial charge in [-0.3, -0.25) is 4.79 Å². The lowest BCUT2D eigenvalue weighted by atomic mass is 10.1. The fraction of sp³-hybridized carbons (Fsp3) is 0.417. The Balaban J connectivity index is 2.37. The van der Waals surface area contributed by atoms with Crippen molar-refractivity contribution >= 4 is 23.4 Å². The van der Waals surface area contributed by atoms with E-state index in [0.717, 1.165) is 18.0 Å². The van der Waals surface area contributed by atoms with Crippen LogP contribution in [0, 0.1) is 13.8 Å². The van der Waals surface area contributed by atoms with Gasteiger partial charge in [-0.2, -0.15) is 0 Å². The maximum atomic E-state index is 10.8. The average Bonchev–Trinajstić information content (AvgIpc) is 2.20. The topological polar surface area (TPSA) is 40.5 Å². The van der Waals surface area contributed by atoms with Crippen molar-refractivity contribution < 1.29 is 9.90 Å². The van der Waals surface area contributed by atoms with Gasteiger partial charge in [-0.05, 0) is 37.1 Å². The molecule has 4 heteroatoms. The molecule has 0 fully saturated rings. The van der Waals surface area contributed by atoms with Crippen LogP contribution in [0.4, 0.5) is 5.69 Å². The lowest BCUT2D eigenvalue weighted by Gasteiger charge is -2.30. The quantitative estimate of drug-likeness (QED) is 0.857. The maximum absolute atomic E-state index is 10.8. The number of anilines is 1. The van der Waals surface area contributed by atoms with Crippen molar-refractivity contribution in [3.05, 3.63) is 23.3 Å². The van der Waals surface area contributed by atoms with Gasteiger partial charge in [-0.25, -0.2) is 0 Å². The molecule has 0 aromatic heterocycles. The average molecular weight is 237 g/mol. The second-order valence-corrected chi connectivity index (χ2v) is 5.20. The van der Waals surface area contributed by atoms with Gasteiger partial charge in [0.15, 0.2) is 0 Å². The highest BCUT2D eigenvalue weighted by molar-refractivity contribution is 7.99. The Morgan fingerprint density at radius 1 is 1.44 bits per heavy atom. The molecular weight excluding hydrogens is 222 g/mol. The van der Waals surface area contributed by atoms with Crippen LogP contribution in [0.25, 0.3) is 0 Å². The van der Waals surface area contributed by atoms with Gasteiger partial charge in [0.2, 0.25) is 0 Å². The zero-order valence-corrected chi connectivity index (χ0v) is 10.3. The van der Waals surface area contributed by atoms with E-state index in [2.05, 4.69) is 26.0 Å². The molecule has 1 aromatic rings. The summed E-state index contributed by atoms with van der Waals surface area (Å²) in [5.74, 6) is 0.194. The van der Waals surface area contributed by atoms with Crippen molar-refractivity contribution in [2.75, 3.05) is 23.7 Å². The summed E-state index contributed by atoms with van der Waals surface area (Å²) in [7, 11) is 0. The lowest BCUT2D eigenvalue weighted by molar-refractivity contribution is -0.135. The SMILES string of the molecule is Cc1cc2c(cc1C)N(CC(=O)O)CCS2. The van der Waals surface area contributed by atoms with Crippen molar-refractivity contribution in [2.24, 2.45) is 0 Å². The van der Waals surface area contributed by atoms with Crippen molar-refractivity contribution in [3.8, 4) is 0 Å². The fourth-order valence-corrected chi connectivity index (χ4v) is 2.98. The van der Waals surface area contributed by atoms with Crippen molar-refractivity contribution in [1.29, 1.82) is 0 Å². The Morgan fingerprint density at radius 2 is 2.12 bits per heavy atom. The smallest absolute Gasteiger partial charge is 0.323 e. The number of hydrogen-bond donors (Lipinski definition) is 1. The standard InChI is InChI=1S/C12H15NO2S/c1-8-5-10-11(6-9(8)2)16-4-3-13(10)7-12(14)15/h5-6H,3-4,7H2,1-2H3,(H,14,15). The summed E-state index contributed by atoms with van der Waals surface area (Å²) in [5, 5.41) is 8.87. The number of fused-ring (bicyclic) bond motifs is 1. The number of nitrogens with zero attached hydrogens (tertiary/aromatic N) is 1. The number of benzene rings is 1. The first-order valence-electron chi connectivity index (χ1n) is 5.28. The van der Waals surface area contributed by atoms with Gasteiger partial charge in [-0.15, -0.1) is 11.8 Å². The Labute approximate surface area is 99.5 Å². The predicted octanol–water partition coefficient (Wildman–Crippen LogP) is 2.30. The molecule has 0 aliphatic carbocycles. The number of thioether (sulfide) groups is 1. The highest BCUT2D eigenvalue weighted by atomic mass is 32.2. The molecular formula is C12H15NO2S. The number of hydrogen-bond acceptors (Lipinski definition) is 3. The number of carboxylic acids is 1. The highest BCUT2D eigenvalue weighted by Crippen LogP contribution is 2.36. The summed E-state index contributed by atoms with van der Waals surface area (Å²) in [5.41, 5.74) is 3.56. The Hall–Kier alpha value is -1.16. The molecule has 1 heterocycles. The van der Waals surface area contributed by atoms with Crippen LogP contribution in [0.15, 0.2) is 17.0 Å². The van der Waals surface area contributed by atoms with Gasteiger partial charge in [0.1, 0.15) is 6.54 Å². The second-order valence-electron chi connectivity index (χ2n) is 4.07. The van der Waals surface area contributed by atoms with Crippen LogP contribution in [0.2, 0.25) is 0 Å². The molecule has 3 nitrogen and oxygen atoms in total. The Kier molecular flexibility index (Phi) is 3.10. The van der Waals surface area contributed by atoms with Gasteiger partial charge in [-0.1, -0.05) is 0 Å². The van der Waals surface area contributed by atoms with E-state index in [1.54, 1.807) is 0 Å². The fourth-order valence-electron chi connectivity index (χ4n) is 1.85. The maximum Gasteiger partial charge on any atom is 0.323 e. The zero-order valence-electron chi connectivity index (χ0n) is 9.49. The van der Waals surface area contributed by atoms with E-state index >= 15 is 0 Å². The van der Waals surface area contributed by atoms with Crippen molar-refractivity contribution in [3.63, 3.8) is 0 Å². The zero-order chi connectivity index (χ0) is 11.7. The lowest BCUT2D eigenvalue weighted by Crippen LogP contribution is -2.34. The van der Waals surface area contributed by atoms with Gasteiger partial charge in [0, 0.05) is 17.2 Å². The molecule has 0 radical (unpaired) electrons. The van der Waals surface area contributed by atoms with E-state index in [-0.39, 0.29) is 6.54 Å². The highest BCUT2D eigenvalue weighted by Gasteiger charge is 2.19. The summed E-state index contributed by atoms with van der Waals surface area (Å²) in [6, 6.07) is 4.25. The monoisotopic (exact) mass is 237 g/mol. The van der Waals surface area contributed by atoms with Gasteiger partial charge < -0.3 is 10.0 Å². The van der Waals surface area contributed by atoms with E-state index in [9.17, 15) is 4.79 Å². The molecule has 0 saturated heterocycles. The first-order chi connectivity index (χ1) is 7.58.